The summed E-state index contributed by atoms with van der Waals surface area (Å²) in [7, 11) is 0. The summed E-state index contributed by atoms with van der Waals surface area (Å²) in [6, 6.07) is 11.1. The minimum Gasteiger partial charge on any atom is -0.350 e. The fourth-order valence-electron chi connectivity index (χ4n) is 1.89. The molecule has 104 valence electrons. The van der Waals surface area contributed by atoms with Crippen LogP contribution in [0, 0.1) is 6.92 Å². The van der Waals surface area contributed by atoms with E-state index in [4.69, 9.17) is 0 Å². The zero-order valence-corrected chi connectivity index (χ0v) is 11.9. The molecule has 0 atom stereocenters. The molecule has 0 aliphatic heterocycles. The molecule has 1 heterocycles. The molecule has 0 saturated heterocycles. The molecule has 2 rings (SSSR count). The molecule has 0 fully saturated rings. The second-order valence-electron chi connectivity index (χ2n) is 5.11. The van der Waals surface area contributed by atoms with Crippen LogP contribution in [0.4, 0.5) is 0 Å². The number of nitrogens with one attached hydrogen (secondary N) is 2. The van der Waals surface area contributed by atoms with E-state index >= 15 is 0 Å². The lowest BCUT2D eigenvalue weighted by Gasteiger charge is -2.08. The van der Waals surface area contributed by atoms with Crippen molar-refractivity contribution in [2.75, 3.05) is 0 Å². The van der Waals surface area contributed by atoms with Crippen molar-refractivity contribution in [2.24, 2.45) is 0 Å². The van der Waals surface area contributed by atoms with Gasteiger partial charge in [-0.3, -0.25) is 9.59 Å². The fraction of sp³-hybridized carbons (Fsp3) is 0.250. The van der Waals surface area contributed by atoms with E-state index < -0.39 is 0 Å². The number of amides is 1. The number of benzene rings is 1. The molecule has 0 spiro atoms. The zero-order valence-electron chi connectivity index (χ0n) is 11.9. The molecule has 1 amide bonds. The van der Waals surface area contributed by atoms with Crippen LogP contribution in [0.5, 0.6) is 0 Å². The fourth-order valence-corrected chi connectivity index (χ4v) is 1.89. The van der Waals surface area contributed by atoms with Crippen molar-refractivity contribution in [1.29, 1.82) is 0 Å². The van der Waals surface area contributed by atoms with E-state index in [9.17, 15) is 9.59 Å². The van der Waals surface area contributed by atoms with E-state index in [2.05, 4.69) is 10.3 Å². The van der Waals surface area contributed by atoms with E-state index in [0.717, 1.165) is 11.1 Å². The summed E-state index contributed by atoms with van der Waals surface area (Å²) in [6.07, 6.45) is 0. The van der Waals surface area contributed by atoms with Crippen molar-refractivity contribution < 1.29 is 4.79 Å². The molecule has 4 nitrogen and oxygen atoms in total. The van der Waals surface area contributed by atoms with Gasteiger partial charge in [0.05, 0.1) is 0 Å². The summed E-state index contributed by atoms with van der Waals surface area (Å²) in [5, 5.41) is 2.71. The summed E-state index contributed by atoms with van der Waals surface area (Å²) < 4.78 is 0. The average Bonchev–Trinajstić information content (AvgIpc) is 2.38. The highest BCUT2D eigenvalue weighted by atomic mass is 16.2. The maximum Gasteiger partial charge on any atom is 0.261 e. The van der Waals surface area contributed by atoms with E-state index in [0.29, 0.717) is 5.69 Å². The Kier molecular flexibility index (Phi) is 4.03. The molecule has 0 aliphatic carbocycles. The normalized spacial score (nSPS) is 10.6. The highest BCUT2D eigenvalue weighted by Gasteiger charge is 2.12. The van der Waals surface area contributed by atoms with Crippen molar-refractivity contribution >= 4 is 5.91 Å². The first-order chi connectivity index (χ1) is 9.47. The molecule has 20 heavy (non-hydrogen) atoms. The number of pyridine rings is 1. The maximum atomic E-state index is 12.0. The molecule has 0 bridgehead atoms. The minimum absolute atomic E-state index is 0.00123. The molecular formula is C16H18N2O2. The Morgan fingerprint density at radius 3 is 2.30 bits per heavy atom. The zero-order chi connectivity index (χ0) is 14.7. The average molecular weight is 270 g/mol. The largest absolute Gasteiger partial charge is 0.350 e. The van der Waals surface area contributed by atoms with Gasteiger partial charge >= 0.3 is 0 Å². The van der Waals surface area contributed by atoms with Gasteiger partial charge in [0.15, 0.2) is 0 Å². The molecule has 0 aliphatic rings. The third kappa shape index (κ3) is 3.15. The van der Waals surface area contributed by atoms with Crippen molar-refractivity contribution in [3.05, 3.63) is 57.9 Å². The number of aryl methyl sites for hydroxylation is 1. The van der Waals surface area contributed by atoms with Gasteiger partial charge in [-0.15, -0.1) is 0 Å². The number of rotatable bonds is 3. The van der Waals surface area contributed by atoms with Gasteiger partial charge in [-0.2, -0.15) is 0 Å². The lowest BCUT2D eigenvalue weighted by molar-refractivity contribution is 0.0941. The standard InChI is InChI=1S/C16H18N2O2/c1-10(2)17-15(19)13-8-9-14(18-16(13)20)12-6-4-11(3)5-7-12/h4-10H,1-3H3,(H,17,19)(H,18,20). The van der Waals surface area contributed by atoms with Gasteiger partial charge in [0, 0.05) is 11.7 Å². The van der Waals surface area contributed by atoms with Crippen LogP contribution >= 0.6 is 0 Å². The molecule has 0 unspecified atom stereocenters. The van der Waals surface area contributed by atoms with Crippen LogP contribution in [-0.2, 0) is 0 Å². The predicted molar refractivity (Wildman–Crippen MR) is 79.8 cm³/mol. The van der Waals surface area contributed by atoms with Gasteiger partial charge in [-0.25, -0.2) is 0 Å². The van der Waals surface area contributed by atoms with Crippen LogP contribution in [-0.4, -0.2) is 16.9 Å². The van der Waals surface area contributed by atoms with Gasteiger partial charge in [0.1, 0.15) is 5.56 Å². The van der Waals surface area contributed by atoms with Crippen LogP contribution in [0.15, 0.2) is 41.2 Å². The van der Waals surface area contributed by atoms with Gasteiger partial charge in [0.25, 0.3) is 11.5 Å². The maximum absolute atomic E-state index is 12.0. The van der Waals surface area contributed by atoms with Gasteiger partial charge < -0.3 is 10.3 Å². The Labute approximate surface area is 117 Å². The van der Waals surface area contributed by atoms with Crippen molar-refractivity contribution in [3.63, 3.8) is 0 Å². The first-order valence-electron chi connectivity index (χ1n) is 6.58. The lowest BCUT2D eigenvalue weighted by Crippen LogP contribution is -2.34. The SMILES string of the molecule is Cc1ccc(-c2ccc(C(=O)NC(C)C)c(=O)[nH]2)cc1. The Hall–Kier alpha value is -2.36. The van der Waals surface area contributed by atoms with Crippen LogP contribution in [0.1, 0.15) is 29.8 Å². The topological polar surface area (TPSA) is 62.0 Å². The summed E-state index contributed by atoms with van der Waals surface area (Å²) >= 11 is 0. The predicted octanol–water partition coefficient (Wildman–Crippen LogP) is 2.49. The molecular weight excluding hydrogens is 252 g/mol. The number of carbonyl (C=O) groups excluding carboxylic acids is 1. The van der Waals surface area contributed by atoms with Gasteiger partial charge in [0.2, 0.25) is 0 Å². The first-order valence-corrected chi connectivity index (χ1v) is 6.58. The lowest BCUT2D eigenvalue weighted by atomic mass is 10.1. The molecule has 0 radical (unpaired) electrons. The molecule has 2 N–H and O–H groups in total. The summed E-state index contributed by atoms with van der Waals surface area (Å²) in [4.78, 5) is 26.6. The summed E-state index contributed by atoms with van der Waals surface area (Å²) in [5.74, 6) is -0.350. The highest BCUT2D eigenvalue weighted by molar-refractivity contribution is 5.94. The number of H-pyrrole nitrogens is 1. The monoisotopic (exact) mass is 270 g/mol. The van der Waals surface area contributed by atoms with Crippen molar-refractivity contribution in [3.8, 4) is 11.3 Å². The van der Waals surface area contributed by atoms with Crippen LogP contribution < -0.4 is 10.9 Å². The van der Waals surface area contributed by atoms with E-state index in [-0.39, 0.29) is 23.1 Å². The Morgan fingerprint density at radius 1 is 1.10 bits per heavy atom. The molecule has 1 aromatic carbocycles. The molecule has 2 aromatic rings. The quantitative estimate of drug-likeness (QED) is 0.900. The Bertz CT molecular complexity index is 670. The summed E-state index contributed by atoms with van der Waals surface area (Å²) in [6.45, 7) is 5.71. The van der Waals surface area contributed by atoms with E-state index in [1.165, 1.54) is 0 Å². The van der Waals surface area contributed by atoms with E-state index in [1.807, 2.05) is 45.0 Å². The Balaban J connectivity index is 2.32. The molecule has 4 heteroatoms. The van der Waals surface area contributed by atoms with E-state index in [1.54, 1.807) is 12.1 Å². The molecule has 1 aromatic heterocycles. The summed E-state index contributed by atoms with van der Waals surface area (Å²) in [5.41, 5.74) is 2.54. The third-order valence-corrected chi connectivity index (χ3v) is 2.94. The second-order valence-corrected chi connectivity index (χ2v) is 5.11. The van der Waals surface area contributed by atoms with Crippen LogP contribution in [0.25, 0.3) is 11.3 Å². The third-order valence-electron chi connectivity index (χ3n) is 2.94. The van der Waals surface area contributed by atoms with Gasteiger partial charge in [-0.05, 0) is 38.5 Å². The van der Waals surface area contributed by atoms with Crippen molar-refractivity contribution in [2.45, 2.75) is 26.8 Å². The minimum atomic E-state index is -0.374. The number of carbonyl (C=O) groups is 1. The number of hydrogen-bond acceptors (Lipinski definition) is 2. The number of aromatic amines is 1. The number of aromatic nitrogens is 1. The van der Waals surface area contributed by atoms with Crippen molar-refractivity contribution in [1.82, 2.24) is 10.3 Å². The number of hydrogen-bond donors (Lipinski definition) is 2. The highest BCUT2D eigenvalue weighted by Crippen LogP contribution is 2.16. The molecule has 0 saturated carbocycles. The second kappa shape index (κ2) is 5.74. The first kappa shape index (κ1) is 14.1. The smallest absolute Gasteiger partial charge is 0.261 e. The van der Waals surface area contributed by atoms with Crippen LogP contribution in [0.2, 0.25) is 0 Å². The Morgan fingerprint density at radius 2 is 1.75 bits per heavy atom. The van der Waals surface area contributed by atoms with Gasteiger partial charge in [-0.1, -0.05) is 29.8 Å². The van der Waals surface area contributed by atoms with Crippen LogP contribution in [0.3, 0.4) is 0 Å².